The maximum Gasteiger partial charge on any atom is 0.125 e. The van der Waals surface area contributed by atoms with Crippen molar-refractivity contribution >= 4 is 33.5 Å². The molecule has 0 spiro atoms. The molecule has 0 rings (SSSR count). The molecule has 0 saturated carbocycles. The van der Waals surface area contributed by atoms with Gasteiger partial charge in [-0.05, 0) is 13.8 Å². The highest BCUT2D eigenvalue weighted by molar-refractivity contribution is 6.66. The largest absolute Gasteiger partial charge is 0.142 e. The van der Waals surface area contributed by atoms with Crippen LogP contribution in [0.5, 0.6) is 0 Å². The molecule has 0 aromatic heterocycles. The Bertz CT molecular complexity index is 104. The minimum atomic E-state index is 0.380. The lowest BCUT2D eigenvalue weighted by molar-refractivity contribution is 1.25. The number of rotatable bonds is 1. The van der Waals surface area contributed by atoms with Crippen LogP contribution in [0.15, 0.2) is 10.2 Å². The van der Waals surface area contributed by atoms with Gasteiger partial charge in [0.1, 0.15) is 10.3 Å². The van der Waals surface area contributed by atoms with E-state index < -0.39 is 0 Å². The van der Waals surface area contributed by atoms with Crippen molar-refractivity contribution in [2.75, 3.05) is 0 Å². The van der Waals surface area contributed by atoms with Gasteiger partial charge in [-0.3, -0.25) is 0 Å². The van der Waals surface area contributed by atoms with E-state index in [9.17, 15) is 0 Å². The van der Waals surface area contributed by atoms with Gasteiger partial charge in [0.2, 0.25) is 0 Å². The van der Waals surface area contributed by atoms with Crippen molar-refractivity contribution in [2.24, 2.45) is 10.2 Å². The summed E-state index contributed by atoms with van der Waals surface area (Å²) in [5, 5.41) is 7.68. The van der Waals surface area contributed by atoms with Gasteiger partial charge in [-0.2, -0.15) is 0 Å². The third-order valence-electron chi connectivity index (χ3n) is 0.326. The molecule has 0 aliphatic rings. The van der Waals surface area contributed by atoms with Crippen LogP contribution in [0.4, 0.5) is 0 Å². The third-order valence-corrected chi connectivity index (χ3v) is 0.477. The fraction of sp³-hybridized carbons (Fsp3) is 0.500. The number of nitrogens with zero attached hydrogens (tertiary/aromatic N) is 2. The smallest absolute Gasteiger partial charge is 0.125 e. The van der Waals surface area contributed by atoms with E-state index in [2.05, 4.69) is 10.2 Å². The van der Waals surface area contributed by atoms with Crippen LogP contribution in [-0.4, -0.2) is 10.3 Å². The molecule has 0 aliphatic heterocycles. The van der Waals surface area contributed by atoms with Crippen molar-refractivity contribution < 1.29 is 0 Å². The van der Waals surface area contributed by atoms with Crippen molar-refractivity contribution in [3.8, 4) is 0 Å². The van der Waals surface area contributed by atoms with E-state index >= 15 is 0 Å². The fourth-order valence-corrected chi connectivity index (χ4v) is 0.213. The molecule has 0 bridgehead atoms. The zero-order chi connectivity index (χ0) is 6.57. The van der Waals surface area contributed by atoms with Crippen LogP contribution in [0.3, 0.4) is 0 Å². The lowest BCUT2D eigenvalue weighted by Crippen LogP contribution is -1.75. The second-order valence-corrected chi connectivity index (χ2v) is 2.29. The minimum absolute atomic E-state index is 0.380. The van der Waals surface area contributed by atoms with Crippen LogP contribution in [-0.2, 0) is 0 Å². The van der Waals surface area contributed by atoms with Crippen molar-refractivity contribution in [3.05, 3.63) is 0 Å². The van der Waals surface area contributed by atoms with Gasteiger partial charge in [0.15, 0.2) is 0 Å². The highest BCUT2D eigenvalue weighted by Gasteiger charge is 1.78. The number of hydrogen-bond acceptors (Lipinski definition) is 2. The van der Waals surface area contributed by atoms with Crippen LogP contribution in [0.2, 0.25) is 0 Å². The van der Waals surface area contributed by atoms with Gasteiger partial charge in [-0.15, -0.1) is 10.2 Å². The summed E-state index contributed by atoms with van der Waals surface area (Å²) in [5.41, 5.74) is 0. The Labute approximate surface area is 58.2 Å². The average molecular weight is 153 g/mol. The summed E-state index contributed by atoms with van der Waals surface area (Å²) < 4.78 is 0. The van der Waals surface area contributed by atoms with Gasteiger partial charge in [0.25, 0.3) is 0 Å². The summed E-state index contributed by atoms with van der Waals surface area (Å²) in [6.45, 7) is 3.26. The Morgan fingerprint density at radius 1 is 1.00 bits per heavy atom. The van der Waals surface area contributed by atoms with E-state index in [1.807, 2.05) is 0 Å². The zero-order valence-electron chi connectivity index (χ0n) is 4.65. The first-order valence-electron chi connectivity index (χ1n) is 2.03. The number of halogens is 2. The van der Waals surface area contributed by atoms with Crippen LogP contribution in [0.1, 0.15) is 13.8 Å². The summed E-state index contributed by atoms with van der Waals surface area (Å²) in [6.07, 6.45) is 0. The molecule has 0 aromatic rings. The van der Waals surface area contributed by atoms with Crippen LogP contribution >= 0.6 is 23.2 Å². The molecule has 0 atom stereocenters. The van der Waals surface area contributed by atoms with Crippen molar-refractivity contribution in [2.45, 2.75) is 13.8 Å². The molecule has 46 valence electrons. The molecule has 0 N–H and O–H groups in total. The summed E-state index contributed by atoms with van der Waals surface area (Å²) >= 11 is 10.6. The van der Waals surface area contributed by atoms with Gasteiger partial charge in [0, 0.05) is 0 Å². The molecular formula is C4H6Cl2N2. The van der Waals surface area contributed by atoms with Crippen LogP contribution in [0, 0.1) is 0 Å². The molecule has 2 nitrogen and oxygen atoms in total. The second kappa shape index (κ2) is 3.87. The van der Waals surface area contributed by atoms with E-state index in [1.54, 1.807) is 13.8 Å². The van der Waals surface area contributed by atoms with E-state index in [0.717, 1.165) is 0 Å². The summed E-state index contributed by atoms with van der Waals surface area (Å²) in [7, 11) is 0. The molecule has 0 aromatic carbocycles. The molecule has 0 unspecified atom stereocenters. The number of hydrogen-bond donors (Lipinski definition) is 0. The van der Waals surface area contributed by atoms with Crippen LogP contribution in [0.25, 0.3) is 0 Å². The molecule has 0 aliphatic carbocycles. The zero-order valence-corrected chi connectivity index (χ0v) is 6.16. The predicted molar refractivity (Wildman–Crippen MR) is 37.9 cm³/mol. The van der Waals surface area contributed by atoms with Crippen LogP contribution < -0.4 is 0 Å². The topological polar surface area (TPSA) is 24.7 Å². The van der Waals surface area contributed by atoms with E-state index in [-0.39, 0.29) is 0 Å². The van der Waals surface area contributed by atoms with Gasteiger partial charge in [-0.25, -0.2) is 0 Å². The molecule has 0 fully saturated rings. The minimum Gasteiger partial charge on any atom is -0.142 e. The molecule has 0 saturated heterocycles. The monoisotopic (exact) mass is 152 g/mol. The Morgan fingerprint density at radius 2 is 1.25 bits per heavy atom. The Balaban J connectivity index is 3.76. The summed E-state index contributed by atoms with van der Waals surface area (Å²) in [5.74, 6) is 0. The second-order valence-electron chi connectivity index (χ2n) is 1.19. The first-order chi connectivity index (χ1) is 3.63. The first-order valence-corrected chi connectivity index (χ1v) is 2.78. The van der Waals surface area contributed by atoms with Gasteiger partial charge >= 0.3 is 0 Å². The van der Waals surface area contributed by atoms with Gasteiger partial charge in [-0.1, -0.05) is 23.2 Å². The Kier molecular flexibility index (Phi) is 3.83. The standard InChI is InChI=1S/C4H6Cl2N2/c1-3(5)7-8-4(2)6/h1-2H3/b7-3+,8-4+. The lowest BCUT2D eigenvalue weighted by Gasteiger charge is -1.79. The Morgan fingerprint density at radius 3 is 1.38 bits per heavy atom. The summed E-state index contributed by atoms with van der Waals surface area (Å²) in [6, 6.07) is 0. The lowest BCUT2D eigenvalue weighted by atomic mass is 10.9. The molecule has 0 heterocycles. The summed E-state index contributed by atoms with van der Waals surface area (Å²) in [4.78, 5) is 0. The average Bonchev–Trinajstić information content (AvgIpc) is 1.61. The molecular weight excluding hydrogens is 147 g/mol. The maximum absolute atomic E-state index is 5.31. The van der Waals surface area contributed by atoms with Crippen molar-refractivity contribution in [1.82, 2.24) is 0 Å². The van der Waals surface area contributed by atoms with Crippen molar-refractivity contribution in [1.29, 1.82) is 0 Å². The van der Waals surface area contributed by atoms with Gasteiger partial charge < -0.3 is 0 Å². The molecule has 4 heteroatoms. The molecule has 0 radical (unpaired) electrons. The molecule has 8 heavy (non-hydrogen) atoms. The van der Waals surface area contributed by atoms with E-state index in [4.69, 9.17) is 23.2 Å². The van der Waals surface area contributed by atoms with E-state index in [0.29, 0.717) is 10.3 Å². The highest BCUT2D eigenvalue weighted by Crippen LogP contribution is 1.88. The quantitative estimate of drug-likeness (QED) is 0.407. The van der Waals surface area contributed by atoms with E-state index in [1.165, 1.54) is 0 Å². The SMILES string of the molecule is C/C(Cl)=N\N=C(/C)Cl. The third kappa shape index (κ3) is 5.92. The molecule has 0 amide bonds. The normalized spacial score (nSPS) is 14.5. The predicted octanol–water partition coefficient (Wildman–Crippen LogP) is 2.22. The van der Waals surface area contributed by atoms with Crippen molar-refractivity contribution in [3.63, 3.8) is 0 Å². The first kappa shape index (κ1) is 7.92. The van der Waals surface area contributed by atoms with Gasteiger partial charge in [0.05, 0.1) is 0 Å². The Hall–Kier alpha value is -0.0800. The highest BCUT2D eigenvalue weighted by atomic mass is 35.5. The fourth-order valence-electron chi connectivity index (χ4n) is 0.138. The maximum atomic E-state index is 5.31.